The third-order valence-electron chi connectivity index (χ3n) is 5.28. The lowest BCUT2D eigenvalue weighted by molar-refractivity contribution is -0.384. The SMILES string of the molecule is Cc1ccc(-c2nn3c(C)nnc3s2)cc1NC(=S)NC(=O)c1ccc(-c2cccc([N+](=O)[O-])c2)o1. The van der Waals surface area contributed by atoms with E-state index >= 15 is 0 Å². The van der Waals surface area contributed by atoms with Crippen molar-refractivity contribution >= 4 is 50.9 Å². The highest BCUT2D eigenvalue weighted by Crippen LogP contribution is 2.29. The van der Waals surface area contributed by atoms with Crippen molar-refractivity contribution in [1.82, 2.24) is 25.1 Å². The maximum Gasteiger partial charge on any atom is 0.293 e. The van der Waals surface area contributed by atoms with E-state index in [1.54, 1.807) is 22.7 Å². The summed E-state index contributed by atoms with van der Waals surface area (Å²) in [5.74, 6) is 0.489. The highest BCUT2D eigenvalue weighted by molar-refractivity contribution is 7.80. The van der Waals surface area contributed by atoms with Crippen molar-refractivity contribution in [2.75, 3.05) is 5.32 Å². The maximum absolute atomic E-state index is 12.7. The first kappa shape index (κ1) is 23.3. The van der Waals surface area contributed by atoms with Crippen LogP contribution >= 0.6 is 23.6 Å². The lowest BCUT2D eigenvalue weighted by Crippen LogP contribution is -2.34. The van der Waals surface area contributed by atoms with Crippen molar-refractivity contribution in [3.05, 3.63) is 81.9 Å². The van der Waals surface area contributed by atoms with Crippen molar-refractivity contribution in [3.8, 4) is 21.9 Å². The molecule has 1 amide bonds. The summed E-state index contributed by atoms with van der Waals surface area (Å²) in [5.41, 5.74) is 2.89. The fraction of sp³-hybridized carbons (Fsp3) is 0.0870. The fourth-order valence-electron chi connectivity index (χ4n) is 3.43. The van der Waals surface area contributed by atoms with Crippen molar-refractivity contribution < 1.29 is 14.1 Å². The van der Waals surface area contributed by atoms with Gasteiger partial charge in [-0.05, 0) is 49.8 Å². The number of anilines is 1. The van der Waals surface area contributed by atoms with Gasteiger partial charge in [0.2, 0.25) is 4.96 Å². The van der Waals surface area contributed by atoms with E-state index in [4.69, 9.17) is 16.6 Å². The Hall–Kier alpha value is -4.49. The van der Waals surface area contributed by atoms with E-state index in [0.717, 1.165) is 16.1 Å². The van der Waals surface area contributed by atoms with Gasteiger partial charge in [0, 0.05) is 28.9 Å². The van der Waals surface area contributed by atoms with Crippen LogP contribution in [0.5, 0.6) is 0 Å². The van der Waals surface area contributed by atoms with E-state index < -0.39 is 10.8 Å². The predicted molar refractivity (Wildman–Crippen MR) is 138 cm³/mol. The molecule has 11 nitrogen and oxygen atoms in total. The fourth-order valence-corrected chi connectivity index (χ4v) is 4.51. The summed E-state index contributed by atoms with van der Waals surface area (Å²) in [7, 11) is 0. The van der Waals surface area contributed by atoms with Gasteiger partial charge < -0.3 is 9.73 Å². The van der Waals surface area contributed by atoms with Crippen LogP contribution in [0.15, 0.2) is 59.0 Å². The highest BCUT2D eigenvalue weighted by Gasteiger charge is 2.17. The van der Waals surface area contributed by atoms with Crippen LogP contribution < -0.4 is 10.6 Å². The molecular formula is C23H17N7O4S2. The molecule has 0 aliphatic carbocycles. The summed E-state index contributed by atoms with van der Waals surface area (Å²) in [6.07, 6.45) is 0. The molecule has 5 aromatic rings. The molecule has 36 heavy (non-hydrogen) atoms. The van der Waals surface area contributed by atoms with Gasteiger partial charge in [-0.3, -0.25) is 20.2 Å². The first-order valence-electron chi connectivity index (χ1n) is 10.6. The number of thiocarbonyl (C=S) groups is 1. The van der Waals surface area contributed by atoms with Crippen LogP contribution in [-0.2, 0) is 0 Å². The van der Waals surface area contributed by atoms with Crippen molar-refractivity contribution in [2.45, 2.75) is 13.8 Å². The number of hydrogen-bond donors (Lipinski definition) is 2. The number of non-ortho nitro benzene ring substituents is 1. The van der Waals surface area contributed by atoms with Gasteiger partial charge in [0.05, 0.1) is 4.92 Å². The number of benzene rings is 2. The molecule has 5 rings (SSSR count). The number of aromatic nitrogens is 4. The van der Waals surface area contributed by atoms with Gasteiger partial charge >= 0.3 is 0 Å². The number of carbonyl (C=O) groups is 1. The quantitative estimate of drug-likeness (QED) is 0.191. The van der Waals surface area contributed by atoms with E-state index in [0.29, 0.717) is 27.8 Å². The number of carbonyl (C=O) groups excluding carboxylic acids is 1. The molecule has 3 aromatic heterocycles. The third-order valence-corrected chi connectivity index (χ3v) is 6.43. The van der Waals surface area contributed by atoms with Gasteiger partial charge in [0.25, 0.3) is 11.6 Å². The van der Waals surface area contributed by atoms with Gasteiger partial charge in [0.15, 0.2) is 16.7 Å². The second kappa shape index (κ2) is 9.28. The zero-order valence-corrected chi connectivity index (χ0v) is 20.5. The van der Waals surface area contributed by atoms with Crippen LogP contribution in [0.1, 0.15) is 21.9 Å². The first-order valence-corrected chi connectivity index (χ1v) is 11.8. The zero-order valence-electron chi connectivity index (χ0n) is 18.9. The smallest absolute Gasteiger partial charge is 0.293 e. The monoisotopic (exact) mass is 519 g/mol. The molecule has 2 N–H and O–H groups in total. The Bertz CT molecular complexity index is 1650. The summed E-state index contributed by atoms with van der Waals surface area (Å²) in [6.45, 7) is 3.75. The second-order valence-corrected chi connectivity index (χ2v) is 9.12. The minimum atomic E-state index is -0.554. The Kier molecular flexibility index (Phi) is 6.00. The zero-order chi connectivity index (χ0) is 25.4. The van der Waals surface area contributed by atoms with Crippen LogP contribution in [0.25, 0.3) is 26.9 Å². The number of rotatable bonds is 5. The molecule has 0 aliphatic rings. The number of furan rings is 1. The number of aryl methyl sites for hydroxylation is 2. The van der Waals surface area contributed by atoms with E-state index in [2.05, 4.69) is 25.9 Å². The first-order chi connectivity index (χ1) is 17.3. The van der Waals surface area contributed by atoms with E-state index in [1.807, 2.05) is 32.0 Å². The molecule has 2 aromatic carbocycles. The maximum atomic E-state index is 12.7. The number of nitro groups is 1. The average Bonchev–Trinajstić information content (AvgIpc) is 3.58. The molecule has 0 atom stereocenters. The molecule has 0 aliphatic heterocycles. The van der Waals surface area contributed by atoms with Gasteiger partial charge in [-0.2, -0.15) is 9.61 Å². The number of nitro benzene ring substituents is 1. The molecule has 0 saturated heterocycles. The molecule has 0 unspecified atom stereocenters. The van der Waals surface area contributed by atoms with Gasteiger partial charge in [-0.25, -0.2) is 0 Å². The number of amides is 1. The van der Waals surface area contributed by atoms with Crippen LogP contribution in [-0.4, -0.2) is 35.8 Å². The average molecular weight is 520 g/mol. The minimum Gasteiger partial charge on any atom is -0.451 e. The lowest BCUT2D eigenvalue weighted by atomic mass is 10.1. The highest BCUT2D eigenvalue weighted by atomic mass is 32.1. The normalized spacial score (nSPS) is 10.9. The number of nitrogens with one attached hydrogen (secondary N) is 2. The minimum absolute atomic E-state index is 0.0150. The van der Waals surface area contributed by atoms with Crippen LogP contribution in [0, 0.1) is 24.0 Å². The molecule has 0 fully saturated rings. The Labute approximate surface area is 212 Å². The number of nitrogens with zero attached hydrogens (tertiary/aromatic N) is 5. The predicted octanol–water partition coefficient (Wildman–Crippen LogP) is 4.76. The molecule has 0 saturated carbocycles. The van der Waals surface area contributed by atoms with Gasteiger partial charge in [-0.1, -0.05) is 35.6 Å². The topological polar surface area (TPSA) is 140 Å². The Morgan fingerprint density at radius 3 is 2.72 bits per heavy atom. The Morgan fingerprint density at radius 2 is 1.94 bits per heavy atom. The van der Waals surface area contributed by atoms with Crippen molar-refractivity contribution in [2.24, 2.45) is 0 Å². The summed E-state index contributed by atoms with van der Waals surface area (Å²) >= 11 is 6.75. The summed E-state index contributed by atoms with van der Waals surface area (Å²) in [5, 5.41) is 30.2. The largest absolute Gasteiger partial charge is 0.451 e. The van der Waals surface area contributed by atoms with Crippen molar-refractivity contribution in [1.29, 1.82) is 0 Å². The number of hydrogen-bond acceptors (Lipinski definition) is 9. The summed E-state index contributed by atoms with van der Waals surface area (Å²) in [6, 6.07) is 14.8. The summed E-state index contributed by atoms with van der Waals surface area (Å²) < 4.78 is 7.29. The number of fused-ring (bicyclic) bond motifs is 1. The molecule has 180 valence electrons. The van der Waals surface area contributed by atoms with Crippen LogP contribution in [0.3, 0.4) is 0 Å². The van der Waals surface area contributed by atoms with Crippen molar-refractivity contribution in [3.63, 3.8) is 0 Å². The second-order valence-electron chi connectivity index (χ2n) is 7.76. The summed E-state index contributed by atoms with van der Waals surface area (Å²) in [4.78, 5) is 23.9. The van der Waals surface area contributed by atoms with Gasteiger partial charge in [-0.15, -0.1) is 10.2 Å². The molecule has 0 spiro atoms. The van der Waals surface area contributed by atoms with Crippen LogP contribution in [0.4, 0.5) is 11.4 Å². The van der Waals surface area contributed by atoms with E-state index in [1.165, 1.54) is 29.5 Å². The lowest BCUT2D eigenvalue weighted by Gasteiger charge is -2.12. The van der Waals surface area contributed by atoms with E-state index in [-0.39, 0.29) is 16.6 Å². The Morgan fingerprint density at radius 1 is 1.11 bits per heavy atom. The molecule has 0 bridgehead atoms. The van der Waals surface area contributed by atoms with Gasteiger partial charge in [0.1, 0.15) is 10.8 Å². The molecule has 3 heterocycles. The molecular weight excluding hydrogens is 502 g/mol. The van der Waals surface area contributed by atoms with E-state index in [9.17, 15) is 14.9 Å². The van der Waals surface area contributed by atoms with Crippen LogP contribution in [0.2, 0.25) is 0 Å². The molecule has 13 heteroatoms. The standard InChI is InChI=1S/C23H17N7O4S2/c1-12-6-7-15(21-28-29-13(2)26-27-23(29)36-21)11-17(12)24-22(35)25-20(31)19-9-8-18(34-19)14-4-3-5-16(10-14)30(32)33/h3-11H,1-2H3,(H2,24,25,31,35). The third kappa shape index (κ3) is 4.56. The Balaban J connectivity index is 1.29. The molecule has 0 radical (unpaired) electrons.